The van der Waals surface area contributed by atoms with E-state index in [2.05, 4.69) is 10.4 Å². The Morgan fingerprint density at radius 3 is 2.55 bits per heavy atom. The van der Waals surface area contributed by atoms with Crippen LogP contribution in [0.25, 0.3) is 5.69 Å². The molecule has 1 saturated carbocycles. The molecule has 4 rings (SSSR count). The highest BCUT2D eigenvalue weighted by atomic mass is 35.5. The second-order valence-electron chi connectivity index (χ2n) is 7.95. The molecular weight excluding hydrogens is 416 g/mol. The normalized spacial score (nSPS) is 13.3. The third-order valence-electron chi connectivity index (χ3n) is 5.54. The zero-order valence-electron chi connectivity index (χ0n) is 17.4. The summed E-state index contributed by atoms with van der Waals surface area (Å²) in [5.41, 5.74) is 1.43. The van der Waals surface area contributed by atoms with Gasteiger partial charge in [0.1, 0.15) is 0 Å². The quantitative estimate of drug-likeness (QED) is 0.641. The van der Waals surface area contributed by atoms with E-state index >= 15 is 0 Å². The Balaban J connectivity index is 1.85. The summed E-state index contributed by atoms with van der Waals surface area (Å²) in [6.45, 7) is 4.32. The molecule has 160 valence electrons. The Bertz CT molecular complexity index is 1270. The molecule has 0 unspecified atom stereocenters. The van der Waals surface area contributed by atoms with Crippen LogP contribution in [0.3, 0.4) is 0 Å². The molecule has 7 nitrogen and oxygen atoms in total. The van der Waals surface area contributed by atoms with Gasteiger partial charge in [-0.15, -0.1) is 0 Å². The van der Waals surface area contributed by atoms with Crippen molar-refractivity contribution in [2.75, 3.05) is 6.54 Å². The van der Waals surface area contributed by atoms with E-state index in [1.54, 1.807) is 36.4 Å². The minimum Gasteiger partial charge on any atom is -0.350 e. The molecule has 2 aromatic carbocycles. The largest absolute Gasteiger partial charge is 0.352 e. The number of carbonyl (C=O) groups excluding carboxylic acids is 1. The van der Waals surface area contributed by atoms with Gasteiger partial charge in [-0.25, -0.2) is 4.79 Å². The second-order valence-corrected chi connectivity index (χ2v) is 8.35. The smallest absolute Gasteiger partial charge is 0.350 e. The summed E-state index contributed by atoms with van der Waals surface area (Å²) < 4.78 is 2.12. The minimum absolute atomic E-state index is 0.0619. The zero-order chi connectivity index (χ0) is 22.1. The number of nitrogens with one attached hydrogen (secondary N) is 1. The van der Waals surface area contributed by atoms with Crippen molar-refractivity contribution in [1.29, 1.82) is 0 Å². The average molecular weight is 439 g/mol. The van der Waals surface area contributed by atoms with E-state index in [-0.39, 0.29) is 12.2 Å². The highest BCUT2D eigenvalue weighted by molar-refractivity contribution is 6.31. The van der Waals surface area contributed by atoms with Crippen molar-refractivity contribution in [2.24, 2.45) is 5.92 Å². The molecule has 8 heteroatoms. The van der Waals surface area contributed by atoms with Gasteiger partial charge in [0.05, 0.1) is 12.2 Å². The number of aryl methyl sites for hydroxylation is 2. The van der Waals surface area contributed by atoms with Crippen LogP contribution in [-0.4, -0.2) is 26.8 Å². The van der Waals surface area contributed by atoms with Crippen LogP contribution in [0.1, 0.15) is 40.0 Å². The molecule has 0 atom stereocenters. The number of rotatable bonds is 6. The summed E-state index contributed by atoms with van der Waals surface area (Å²) in [5, 5.41) is 7.36. The number of halogens is 1. The molecule has 1 aliphatic rings. The monoisotopic (exact) mass is 438 g/mol. The van der Waals surface area contributed by atoms with Gasteiger partial charge in [-0.05, 0) is 67.5 Å². The van der Waals surface area contributed by atoms with Crippen molar-refractivity contribution in [3.05, 3.63) is 90.7 Å². The van der Waals surface area contributed by atoms with Crippen LogP contribution in [0.2, 0.25) is 5.02 Å². The Hall–Kier alpha value is -3.19. The number of hydrogen-bond donors (Lipinski definition) is 1. The van der Waals surface area contributed by atoms with Crippen molar-refractivity contribution in [2.45, 2.75) is 33.2 Å². The van der Waals surface area contributed by atoms with E-state index in [9.17, 15) is 14.4 Å². The van der Waals surface area contributed by atoms with Crippen LogP contribution >= 0.6 is 11.6 Å². The first-order valence-electron chi connectivity index (χ1n) is 10.2. The van der Waals surface area contributed by atoms with Gasteiger partial charge in [-0.2, -0.15) is 9.78 Å². The lowest BCUT2D eigenvalue weighted by Gasteiger charge is -2.13. The van der Waals surface area contributed by atoms with Crippen LogP contribution in [-0.2, 0) is 6.54 Å². The Labute approximate surface area is 184 Å². The summed E-state index contributed by atoms with van der Waals surface area (Å²) in [6.07, 6.45) is 2.12. The predicted octanol–water partition coefficient (Wildman–Crippen LogP) is 2.85. The van der Waals surface area contributed by atoms with Crippen LogP contribution in [0, 0.1) is 19.8 Å². The number of benzene rings is 2. The van der Waals surface area contributed by atoms with E-state index in [4.69, 9.17) is 11.6 Å². The van der Waals surface area contributed by atoms with E-state index in [1.165, 1.54) is 0 Å². The van der Waals surface area contributed by atoms with Crippen LogP contribution in [0.15, 0.2) is 52.1 Å². The summed E-state index contributed by atoms with van der Waals surface area (Å²) in [5.74, 6) is -0.137. The van der Waals surface area contributed by atoms with E-state index in [0.717, 1.165) is 33.2 Å². The first-order chi connectivity index (χ1) is 14.8. The molecule has 3 aromatic rings. The van der Waals surface area contributed by atoms with Crippen molar-refractivity contribution in [3.63, 3.8) is 0 Å². The number of aromatic nitrogens is 3. The average Bonchev–Trinajstić information content (AvgIpc) is 3.57. The van der Waals surface area contributed by atoms with Crippen molar-refractivity contribution >= 4 is 17.5 Å². The van der Waals surface area contributed by atoms with E-state index in [0.29, 0.717) is 28.7 Å². The fraction of sp³-hybridized carbons (Fsp3) is 0.304. The SMILES string of the molecule is Cc1ccc(-n2nc(C(=O)NCC3CC3)c(=O)n(Cc3ccccc3Cl)c2=O)cc1C. The Morgan fingerprint density at radius 2 is 1.87 bits per heavy atom. The van der Waals surface area contributed by atoms with Gasteiger partial charge in [0.2, 0.25) is 5.69 Å². The molecule has 0 saturated heterocycles. The lowest BCUT2D eigenvalue weighted by molar-refractivity contribution is 0.0942. The molecular formula is C23H23ClN4O3. The molecule has 0 aliphatic heterocycles. The molecule has 1 aromatic heterocycles. The van der Waals surface area contributed by atoms with Crippen molar-refractivity contribution < 1.29 is 4.79 Å². The van der Waals surface area contributed by atoms with Crippen LogP contribution in [0.5, 0.6) is 0 Å². The van der Waals surface area contributed by atoms with Crippen LogP contribution in [0.4, 0.5) is 0 Å². The topological polar surface area (TPSA) is 86.0 Å². The van der Waals surface area contributed by atoms with E-state index < -0.39 is 17.2 Å². The van der Waals surface area contributed by atoms with Gasteiger partial charge in [0, 0.05) is 11.6 Å². The molecule has 1 aliphatic carbocycles. The highest BCUT2D eigenvalue weighted by Gasteiger charge is 2.25. The summed E-state index contributed by atoms with van der Waals surface area (Å²) in [4.78, 5) is 39.1. The van der Waals surface area contributed by atoms with Gasteiger partial charge in [-0.3, -0.25) is 14.2 Å². The second kappa shape index (κ2) is 8.51. The van der Waals surface area contributed by atoms with Gasteiger partial charge >= 0.3 is 5.69 Å². The Kier molecular flexibility index (Phi) is 5.78. The third-order valence-corrected chi connectivity index (χ3v) is 5.91. The number of carbonyl (C=O) groups is 1. The van der Waals surface area contributed by atoms with Gasteiger partial charge in [0.15, 0.2) is 0 Å². The van der Waals surface area contributed by atoms with Gasteiger partial charge in [0.25, 0.3) is 11.5 Å². The van der Waals surface area contributed by atoms with Crippen molar-refractivity contribution in [1.82, 2.24) is 19.7 Å². The number of amides is 1. The van der Waals surface area contributed by atoms with Crippen molar-refractivity contribution in [3.8, 4) is 5.69 Å². The zero-order valence-corrected chi connectivity index (χ0v) is 18.1. The molecule has 1 amide bonds. The first kappa shape index (κ1) is 21.1. The standard InChI is InChI=1S/C23H23ClN4O3/c1-14-7-10-18(11-15(14)2)28-23(31)27(13-17-5-3-4-6-19(17)24)22(30)20(26-28)21(29)25-12-16-8-9-16/h3-7,10-11,16H,8-9,12-13H2,1-2H3,(H,25,29). The van der Waals surface area contributed by atoms with Gasteiger partial charge < -0.3 is 5.32 Å². The fourth-order valence-corrected chi connectivity index (χ4v) is 3.46. The number of hydrogen-bond acceptors (Lipinski definition) is 4. The molecule has 0 radical (unpaired) electrons. The lowest BCUT2D eigenvalue weighted by atomic mass is 10.1. The summed E-state index contributed by atoms with van der Waals surface area (Å²) >= 11 is 6.25. The first-order valence-corrected chi connectivity index (χ1v) is 10.6. The number of nitrogens with zero attached hydrogens (tertiary/aromatic N) is 3. The maximum atomic E-state index is 13.2. The van der Waals surface area contributed by atoms with Gasteiger partial charge in [-0.1, -0.05) is 35.9 Å². The molecule has 1 N–H and O–H groups in total. The maximum Gasteiger partial charge on any atom is 0.352 e. The predicted molar refractivity (Wildman–Crippen MR) is 119 cm³/mol. The molecule has 1 heterocycles. The molecule has 0 spiro atoms. The van der Waals surface area contributed by atoms with E-state index in [1.807, 2.05) is 19.9 Å². The summed E-state index contributed by atoms with van der Waals surface area (Å²) in [6, 6.07) is 12.4. The third kappa shape index (κ3) is 4.46. The minimum atomic E-state index is -0.738. The molecule has 1 fully saturated rings. The maximum absolute atomic E-state index is 13.2. The molecule has 0 bridgehead atoms. The summed E-state index contributed by atoms with van der Waals surface area (Å²) in [7, 11) is 0. The Morgan fingerprint density at radius 1 is 1.13 bits per heavy atom. The lowest BCUT2D eigenvalue weighted by Crippen LogP contribution is -2.46. The molecule has 31 heavy (non-hydrogen) atoms. The fourth-order valence-electron chi connectivity index (χ4n) is 3.26. The van der Waals surface area contributed by atoms with Crippen LogP contribution < -0.4 is 16.6 Å². The highest BCUT2D eigenvalue weighted by Crippen LogP contribution is 2.27.